The highest BCUT2D eigenvalue weighted by Gasteiger charge is 2.45. The van der Waals surface area contributed by atoms with Gasteiger partial charge in [0.1, 0.15) is 29.6 Å². The molecule has 1 aliphatic rings. The van der Waals surface area contributed by atoms with Crippen molar-refractivity contribution < 1.29 is 23.2 Å². The van der Waals surface area contributed by atoms with E-state index in [0.29, 0.717) is 38.5 Å². The topological polar surface area (TPSA) is 85.0 Å². The molecular weight excluding hydrogens is 348 g/mol. The Balaban J connectivity index is 1.59. The Bertz CT molecular complexity index is 847. The molecule has 7 heteroatoms. The van der Waals surface area contributed by atoms with Gasteiger partial charge in [0.25, 0.3) is 0 Å². The van der Waals surface area contributed by atoms with E-state index in [2.05, 4.69) is 10.1 Å². The summed E-state index contributed by atoms with van der Waals surface area (Å²) < 4.78 is 22.4. The summed E-state index contributed by atoms with van der Waals surface area (Å²) in [7, 11) is 0. The van der Waals surface area contributed by atoms with E-state index < -0.39 is 0 Å². The predicted octanol–water partition coefficient (Wildman–Crippen LogP) is 2.98. The molecule has 0 saturated carbocycles. The Hall–Kier alpha value is -2.35. The van der Waals surface area contributed by atoms with Crippen LogP contribution < -0.4 is 0 Å². The lowest BCUT2D eigenvalue weighted by Gasteiger charge is -2.49. The van der Waals surface area contributed by atoms with Crippen LogP contribution in [0.4, 0.5) is 0 Å². The molecule has 1 N–H and O–H groups in total. The van der Waals surface area contributed by atoms with Crippen LogP contribution in [0.1, 0.15) is 34.5 Å². The van der Waals surface area contributed by atoms with Crippen LogP contribution in [0.3, 0.4) is 0 Å². The molecule has 4 heterocycles. The number of aliphatic hydroxyl groups excluding tert-OH is 1. The molecule has 1 saturated heterocycles. The van der Waals surface area contributed by atoms with Gasteiger partial charge >= 0.3 is 0 Å². The van der Waals surface area contributed by atoms with E-state index in [1.165, 1.54) is 0 Å². The molecule has 0 aromatic carbocycles. The molecule has 7 nitrogen and oxygen atoms in total. The van der Waals surface area contributed by atoms with E-state index in [4.69, 9.17) is 18.1 Å². The van der Waals surface area contributed by atoms with E-state index in [-0.39, 0.29) is 12.1 Å². The van der Waals surface area contributed by atoms with Gasteiger partial charge in [-0.3, -0.25) is 4.90 Å². The second-order valence-corrected chi connectivity index (χ2v) is 7.22. The molecule has 0 atom stereocenters. The zero-order chi connectivity index (χ0) is 18.9. The van der Waals surface area contributed by atoms with Crippen molar-refractivity contribution in [2.24, 2.45) is 0 Å². The molecule has 0 aliphatic carbocycles. The molecule has 1 aliphatic heterocycles. The van der Waals surface area contributed by atoms with Gasteiger partial charge in [-0.2, -0.15) is 0 Å². The lowest BCUT2D eigenvalue weighted by Crippen LogP contribution is -2.63. The van der Waals surface area contributed by atoms with Crippen molar-refractivity contribution in [2.75, 3.05) is 13.2 Å². The molecule has 3 aromatic rings. The van der Waals surface area contributed by atoms with Crippen molar-refractivity contribution in [3.63, 3.8) is 0 Å². The summed E-state index contributed by atoms with van der Waals surface area (Å²) in [5, 5.41) is 13.3. The lowest BCUT2D eigenvalue weighted by molar-refractivity contribution is -0.150. The second kappa shape index (κ2) is 7.34. The Morgan fingerprint density at radius 1 is 1.00 bits per heavy atom. The molecule has 3 aromatic heterocycles. The van der Waals surface area contributed by atoms with Crippen LogP contribution in [-0.2, 0) is 30.9 Å². The first kappa shape index (κ1) is 18.0. The van der Waals surface area contributed by atoms with Crippen LogP contribution in [0, 0.1) is 13.8 Å². The summed E-state index contributed by atoms with van der Waals surface area (Å²) in [4.78, 5) is 2.32. The van der Waals surface area contributed by atoms with Crippen LogP contribution in [-0.4, -0.2) is 33.9 Å². The van der Waals surface area contributed by atoms with Gasteiger partial charge in [-0.25, -0.2) is 0 Å². The summed E-state index contributed by atoms with van der Waals surface area (Å²) in [6.07, 6.45) is 0.663. The fourth-order valence-electron chi connectivity index (χ4n) is 3.49. The SMILES string of the molecule is Cc1ccc(CN(Cc2ccc(C)o2)C2(Cc3cc(CO)on3)COC2)o1. The van der Waals surface area contributed by atoms with Crippen LogP contribution in [0.5, 0.6) is 0 Å². The summed E-state index contributed by atoms with van der Waals surface area (Å²) in [6, 6.07) is 9.75. The van der Waals surface area contributed by atoms with Gasteiger partial charge in [0.05, 0.1) is 37.5 Å². The number of aromatic nitrogens is 1. The fraction of sp³-hybridized carbons (Fsp3) is 0.450. The highest BCUT2D eigenvalue weighted by molar-refractivity contribution is 5.15. The first-order valence-electron chi connectivity index (χ1n) is 9.05. The minimum Gasteiger partial charge on any atom is -0.465 e. The highest BCUT2D eigenvalue weighted by atomic mass is 16.5. The van der Waals surface area contributed by atoms with Gasteiger partial charge in [-0.1, -0.05) is 5.16 Å². The van der Waals surface area contributed by atoms with Crippen molar-refractivity contribution >= 4 is 0 Å². The minimum absolute atomic E-state index is 0.155. The molecule has 27 heavy (non-hydrogen) atoms. The standard InChI is InChI=1S/C20H24N2O5/c1-14-3-5-17(25-14)9-22(10-18-6-4-15(2)26-18)20(12-24-13-20)8-16-7-19(11-23)27-21-16/h3-7,23H,8-13H2,1-2H3. The monoisotopic (exact) mass is 372 g/mol. The Kier molecular flexibility index (Phi) is 4.90. The van der Waals surface area contributed by atoms with Gasteiger partial charge in [0.2, 0.25) is 0 Å². The lowest BCUT2D eigenvalue weighted by atomic mass is 9.88. The minimum atomic E-state index is -0.231. The molecule has 0 bridgehead atoms. The average molecular weight is 372 g/mol. The van der Waals surface area contributed by atoms with E-state index in [0.717, 1.165) is 28.7 Å². The maximum absolute atomic E-state index is 9.23. The quantitative estimate of drug-likeness (QED) is 0.650. The number of rotatable bonds is 8. The number of ether oxygens (including phenoxy) is 1. The van der Waals surface area contributed by atoms with Crippen molar-refractivity contribution in [3.8, 4) is 0 Å². The summed E-state index contributed by atoms with van der Waals surface area (Å²) in [6.45, 7) is 6.19. The third kappa shape index (κ3) is 3.85. The molecule has 0 amide bonds. The number of aryl methyl sites for hydroxylation is 2. The number of nitrogens with zero attached hydrogens (tertiary/aromatic N) is 2. The van der Waals surface area contributed by atoms with Crippen molar-refractivity contribution in [1.82, 2.24) is 10.1 Å². The maximum atomic E-state index is 9.23. The van der Waals surface area contributed by atoms with Gasteiger partial charge in [0, 0.05) is 12.5 Å². The molecule has 0 unspecified atom stereocenters. The van der Waals surface area contributed by atoms with Gasteiger partial charge in [-0.05, 0) is 38.1 Å². The van der Waals surface area contributed by atoms with Gasteiger partial charge in [0.15, 0.2) is 5.76 Å². The number of hydrogen-bond acceptors (Lipinski definition) is 7. The summed E-state index contributed by atoms with van der Waals surface area (Å²) in [5.41, 5.74) is 0.573. The zero-order valence-corrected chi connectivity index (χ0v) is 15.6. The molecule has 1 fully saturated rings. The Morgan fingerprint density at radius 2 is 1.63 bits per heavy atom. The van der Waals surface area contributed by atoms with E-state index in [9.17, 15) is 5.11 Å². The van der Waals surface area contributed by atoms with E-state index in [1.807, 2.05) is 38.1 Å². The third-order valence-electron chi connectivity index (χ3n) is 4.97. The predicted molar refractivity (Wildman–Crippen MR) is 95.8 cm³/mol. The largest absolute Gasteiger partial charge is 0.465 e. The first-order chi connectivity index (χ1) is 13.1. The van der Waals surface area contributed by atoms with Gasteiger partial charge < -0.3 is 23.2 Å². The van der Waals surface area contributed by atoms with Crippen LogP contribution in [0.15, 0.2) is 43.7 Å². The average Bonchev–Trinajstić information content (AvgIpc) is 3.33. The number of furan rings is 2. The highest BCUT2D eigenvalue weighted by Crippen LogP contribution is 2.33. The second-order valence-electron chi connectivity index (χ2n) is 7.22. The first-order valence-corrected chi connectivity index (χ1v) is 9.05. The van der Waals surface area contributed by atoms with Crippen LogP contribution >= 0.6 is 0 Å². The normalized spacial score (nSPS) is 16.0. The van der Waals surface area contributed by atoms with Crippen molar-refractivity contribution in [2.45, 2.75) is 45.5 Å². The smallest absolute Gasteiger partial charge is 0.162 e. The van der Waals surface area contributed by atoms with Crippen molar-refractivity contribution in [3.05, 3.63) is 64.8 Å². The summed E-state index contributed by atoms with van der Waals surface area (Å²) >= 11 is 0. The van der Waals surface area contributed by atoms with Gasteiger partial charge in [-0.15, -0.1) is 0 Å². The molecule has 0 spiro atoms. The number of aliphatic hydroxyl groups is 1. The fourth-order valence-corrected chi connectivity index (χ4v) is 3.49. The molecule has 0 radical (unpaired) electrons. The van der Waals surface area contributed by atoms with Crippen LogP contribution in [0.25, 0.3) is 0 Å². The molecule has 144 valence electrons. The summed E-state index contributed by atoms with van der Waals surface area (Å²) in [5.74, 6) is 4.05. The third-order valence-corrected chi connectivity index (χ3v) is 4.97. The van der Waals surface area contributed by atoms with Crippen molar-refractivity contribution in [1.29, 1.82) is 0 Å². The molecule has 4 rings (SSSR count). The van der Waals surface area contributed by atoms with Crippen LogP contribution in [0.2, 0.25) is 0 Å². The zero-order valence-electron chi connectivity index (χ0n) is 15.6. The Labute approximate surface area is 157 Å². The number of hydrogen-bond donors (Lipinski definition) is 1. The maximum Gasteiger partial charge on any atom is 0.162 e. The Morgan fingerprint density at radius 3 is 2.04 bits per heavy atom. The molecular formula is C20H24N2O5. The van der Waals surface area contributed by atoms with E-state index >= 15 is 0 Å². The van der Waals surface area contributed by atoms with E-state index in [1.54, 1.807) is 6.07 Å².